The van der Waals surface area contributed by atoms with Crippen LogP contribution in [0.4, 0.5) is 0 Å². The van der Waals surface area contributed by atoms with Gasteiger partial charge in [0.1, 0.15) is 0 Å². The lowest BCUT2D eigenvalue weighted by Crippen LogP contribution is -2.19. The number of unbranched alkanes of at least 4 members (excludes halogenated alkanes) is 5. The fourth-order valence-corrected chi connectivity index (χ4v) is 4.74. The Labute approximate surface area is 132 Å². The Bertz CT molecular complexity index is 536. The molecule has 0 amide bonds. The lowest BCUT2D eigenvalue weighted by molar-refractivity contribution is 0.389. The monoisotopic (exact) mass is 306 g/mol. The molecule has 0 bridgehead atoms. The molecule has 0 fully saturated rings. The second kappa shape index (κ2) is 9.39. The first kappa shape index (κ1) is 16.7. The molecular formula is C18H30N2S. The Morgan fingerprint density at radius 3 is 2.52 bits per heavy atom. The number of rotatable bonds is 9. The summed E-state index contributed by atoms with van der Waals surface area (Å²) >= 11 is 0. The van der Waals surface area contributed by atoms with E-state index in [9.17, 15) is 0 Å². The molecule has 1 heterocycles. The van der Waals surface area contributed by atoms with Crippen molar-refractivity contribution in [2.75, 3.05) is 32.9 Å². The maximum atomic E-state index is 3.67. The minimum atomic E-state index is 0.277. The van der Waals surface area contributed by atoms with Crippen LogP contribution >= 0.6 is 10.7 Å². The molecule has 1 N–H and O–H groups in total. The quantitative estimate of drug-likeness (QED) is 0.555. The van der Waals surface area contributed by atoms with Gasteiger partial charge in [-0.25, -0.2) is 0 Å². The molecular weight excluding hydrogens is 276 g/mol. The molecule has 0 saturated carbocycles. The lowest BCUT2D eigenvalue weighted by Gasteiger charge is -2.14. The Kier molecular flexibility index (Phi) is 7.48. The van der Waals surface area contributed by atoms with Crippen molar-refractivity contribution in [3.05, 3.63) is 34.0 Å². The van der Waals surface area contributed by atoms with Crippen LogP contribution in [-0.2, 0) is 0 Å². The highest BCUT2D eigenvalue weighted by atomic mass is 32.2. The molecule has 1 unspecified atom stereocenters. The average molecular weight is 307 g/mol. The Morgan fingerprint density at radius 1 is 1.00 bits per heavy atom. The van der Waals surface area contributed by atoms with Gasteiger partial charge >= 0.3 is 0 Å². The second-order valence-electron chi connectivity index (χ2n) is 6.11. The zero-order valence-corrected chi connectivity index (χ0v) is 14.4. The largest absolute Gasteiger partial charge is 0.309 e. The molecule has 1 aromatic rings. The van der Waals surface area contributed by atoms with E-state index in [1.54, 1.807) is 0 Å². The summed E-state index contributed by atoms with van der Waals surface area (Å²) in [7, 11) is 4.60. The Balaban J connectivity index is 1.67. The number of hydrogen-bond acceptors (Lipinski definition) is 2. The van der Waals surface area contributed by atoms with Crippen LogP contribution in [0.1, 0.15) is 38.5 Å². The van der Waals surface area contributed by atoms with Crippen LogP contribution in [0.2, 0.25) is 0 Å². The Morgan fingerprint density at radius 2 is 1.71 bits per heavy atom. The predicted molar refractivity (Wildman–Crippen MR) is 96.1 cm³/mol. The number of hydrogen-bond donors (Lipinski definition) is 1. The summed E-state index contributed by atoms with van der Waals surface area (Å²) in [6.07, 6.45) is 10.6. The van der Waals surface area contributed by atoms with Gasteiger partial charge in [-0.3, -0.25) is 4.72 Å². The van der Waals surface area contributed by atoms with Gasteiger partial charge in [-0.15, -0.1) is 10.7 Å². The average Bonchev–Trinajstić information content (AvgIpc) is 2.50. The van der Waals surface area contributed by atoms with Crippen molar-refractivity contribution < 1.29 is 0 Å². The van der Waals surface area contributed by atoms with Crippen LogP contribution in [0.5, 0.6) is 0 Å². The lowest BCUT2D eigenvalue weighted by atomic mass is 10.1. The topological polar surface area (TPSA) is 15.3 Å². The molecule has 0 saturated heterocycles. The Hall–Kier alpha value is -0.640. The van der Waals surface area contributed by atoms with Crippen molar-refractivity contribution in [3.63, 3.8) is 0 Å². The van der Waals surface area contributed by atoms with Crippen molar-refractivity contribution in [3.8, 4) is 0 Å². The van der Waals surface area contributed by atoms with E-state index in [0.717, 1.165) is 6.54 Å². The first-order valence-electron chi connectivity index (χ1n) is 8.29. The zero-order valence-electron chi connectivity index (χ0n) is 13.6. The highest BCUT2D eigenvalue weighted by molar-refractivity contribution is 8.07. The van der Waals surface area contributed by atoms with Gasteiger partial charge in [0, 0.05) is 16.8 Å². The molecule has 0 aromatic heterocycles. The van der Waals surface area contributed by atoms with Gasteiger partial charge in [0.25, 0.3) is 0 Å². The minimum Gasteiger partial charge on any atom is -0.309 e. The van der Waals surface area contributed by atoms with Crippen LogP contribution in [-0.4, -0.2) is 37.8 Å². The maximum Gasteiger partial charge on any atom is 0.0244 e. The van der Waals surface area contributed by atoms with Gasteiger partial charge < -0.3 is 4.90 Å². The molecule has 1 aliphatic rings. The molecule has 21 heavy (non-hydrogen) atoms. The van der Waals surface area contributed by atoms with Gasteiger partial charge in [0.15, 0.2) is 0 Å². The third kappa shape index (κ3) is 5.93. The summed E-state index contributed by atoms with van der Waals surface area (Å²) in [5.41, 5.74) is 0. The molecule has 3 heteroatoms. The first-order valence-corrected chi connectivity index (χ1v) is 9.68. The third-order valence-corrected chi connectivity index (χ3v) is 6.08. The van der Waals surface area contributed by atoms with Crippen LogP contribution in [0.15, 0.2) is 24.3 Å². The van der Waals surface area contributed by atoms with Gasteiger partial charge in [-0.05, 0) is 44.8 Å². The SMILES string of the molecule is CN(C)CCCCCCCCS1=c2ccccc2=CCN1. The van der Waals surface area contributed by atoms with Crippen molar-refractivity contribution >= 4 is 16.7 Å². The maximum absolute atomic E-state index is 3.67. The summed E-state index contributed by atoms with van der Waals surface area (Å²) < 4.78 is 5.19. The normalized spacial score (nSPS) is 17.6. The fourth-order valence-electron chi connectivity index (χ4n) is 2.77. The summed E-state index contributed by atoms with van der Waals surface area (Å²) in [5, 5.41) is 1.45. The fraction of sp³-hybridized carbons (Fsp3) is 0.611. The van der Waals surface area contributed by atoms with Gasteiger partial charge in [0.05, 0.1) is 0 Å². The van der Waals surface area contributed by atoms with E-state index in [2.05, 4.69) is 54.1 Å². The highest BCUT2D eigenvalue weighted by Crippen LogP contribution is 2.17. The van der Waals surface area contributed by atoms with Crippen LogP contribution in [0.25, 0.3) is 6.08 Å². The van der Waals surface area contributed by atoms with Gasteiger partial charge in [0.2, 0.25) is 0 Å². The molecule has 1 aliphatic heterocycles. The third-order valence-electron chi connectivity index (χ3n) is 3.97. The smallest absolute Gasteiger partial charge is 0.0244 e. The zero-order chi connectivity index (χ0) is 14.9. The predicted octanol–water partition coefficient (Wildman–Crippen LogP) is 3.41. The van der Waals surface area contributed by atoms with Gasteiger partial charge in [-0.1, -0.05) is 50.0 Å². The van der Waals surface area contributed by atoms with Crippen molar-refractivity contribution in [1.82, 2.24) is 9.62 Å². The van der Waals surface area contributed by atoms with E-state index in [1.165, 1.54) is 60.6 Å². The molecule has 1 atom stereocenters. The highest BCUT2D eigenvalue weighted by Gasteiger charge is 2.02. The number of nitrogens with zero attached hydrogens (tertiary/aromatic N) is 1. The van der Waals surface area contributed by atoms with Crippen LogP contribution in [0.3, 0.4) is 0 Å². The molecule has 0 aliphatic carbocycles. The number of benzene rings is 1. The van der Waals surface area contributed by atoms with E-state index in [-0.39, 0.29) is 10.7 Å². The van der Waals surface area contributed by atoms with Crippen molar-refractivity contribution in [2.45, 2.75) is 38.5 Å². The molecule has 2 rings (SSSR count). The summed E-state index contributed by atoms with van der Waals surface area (Å²) in [4.78, 5) is 2.28. The van der Waals surface area contributed by atoms with E-state index in [4.69, 9.17) is 0 Å². The van der Waals surface area contributed by atoms with E-state index in [1.807, 2.05) is 0 Å². The van der Waals surface area contributed by atoms with Gasteiger partial charge in [-0.2, -0.15) is 0 Å². The first-order chi connectivity index (χ1) is 10.3. The van der Waals surface area contributed by atoms with Crippen molar-refractivity contribution in [1.29, 1.82) is 0 Å². The van der Waals surface area contributed by atoms with E-state index < -0.39 is 0 Å². The summed E-state index contributed by atoms with van der Waals surface area (Å²) in [5.74, 6) is 1.31. The van der Waals surface area contributed by atoms with E-state index in [0.29, 0.717) is 0 Å². The molecule has 0 spiro atoms. The van der Waals surface area contributed by atoms with E-state index >= 15 is 0 Å². The number of fused-ring (bicyclic) bond motifs is 1. The van der Waals surface area contributed by atoms with Crippen LogP contribution in [0, 0.1) is 4.51 Å². The standard InChI is InChI=1S/C18H30N2S/c1-20(2)15-9-5-3-4-6-10-16-21-18-12-8-7-11-17(18)13-14-19-21/h7-8,11-13,19H,3-6,9-10,14-16H2,1-2H3. The summed E-state index contributed by atoms with van der Waals surface area (Å²) in [6.45, 7) is 2.27. The van der Waals surface area contributed by atoms with Crippen LogP contribution < -0.4 is 9.94 Å². The minimum absolute atomic E-state index is 0.277. The molecule has 0 radical (unpaired) electrons. The molecule has 1 aromatic carbocycles. The van der Waals surface area contributed by atoms with Crippen molar-refractivity contribution in [2.24, 2.45) is 0 Å². The molecule has 118 valence electrons. The summed E-state index contributed by atoms with van der Waals surface area (Å²) in [6, 6.07) is 8.86. The molecule has 2 nitrogen and oxygen atoms in total. The second-order valence-corrected chi connectivity index (χ2v) is 8.03. The number of nitrogens with one attached hydrogen (secondary N) is 1.